The molecule has 2 saturated heterocycles. The van der Waals surface area contributed by atoms with Crippen molar-refractivity contribution in [2.24, 2.45) is 5.92 Å². The number of carbonyl (C=O) groups excluding carboxylic acids is 1. The Balaban J connectivity index is 1.44. The molecule has 1 aliphatic carbocycles. The van der Waals surface area contributed by atoms with Gasteiger partial charge in [0.2, 0.25) is 5.91 Å². The van der Waals surface area contributed by atoms with Gasteiger partial charge in [-0.3, -0.25) is 4.79 Å². The predicted molar refractivity (Wildman–Crippen MR) is 90.3 cm³/mol. The highest BCUT2D eigenvalue weighted by molar-refractivity contribution is 7.12. The molecule has 4 atom stereocenters. The SMILES string of the molecule is Cc1ccc([C@@H]2C[C@@H]2C(=O)N2CCC[C@H]2[C@@H]2CCCN2C)s1. The lowest BCUT2D eigenvalue weighted by atomic mass is 10.0. The van der Waals surface area contributed by atoms with Crippen molar-refractivity contribution in [2.75, 3.05) is 20.1 Å². The van der Waals surface area contributed by atoms with Crippen LogP contribution < -0.4 is 0 Å². The number of thiophene rings is 1. The maximum Gasteiger partial charge on any atom is 0.226 e. The second kappa shape index (κ2) is 5.64. The van der Waals surface area contributed by atoms with Gasteiger partial charge in [0.1, 0.15) is 0 Å². The summed E-state index contributed by atoms with van der Waals surface area (Å²) >= 11 is 1.87. The monoisotopic (exact) mass is 318 g/mol. The molecule has 0 spiro atoms. The van der Waals surface area contributed by atoms with Crippen molar-refractivity contribution in [3.63, 3.8) is 0 Å². The van der Waals surface area contributed by atoms with Crippen LogP contribution in [0.25, 0.3) is 0 Å². The van der Waals surface area contributed by atoms with Crippen molar-refractivity contribution in [3.05, 3.63) is 21.9 Å². The smallest absolute Gasteiger partial charge is 0.226 e. The first-order valence-corrected chi connectivity index (χ1v) is 9.54. The van der Waals surface area contributed by atoms with Gasteiger partial charge in [-0.1, -0.05) is 0 Å². The topological polar surface area (TPSA) is 23.6 Å². The maximum absolute atomic E-state index is 13.0. The Morgan fingerprint density at radius 1 is 1.18 bits per heavy atom. The van der Waals surface area contributed by atoms with Crippen LogP contribution in [-0.4, -0.2) is 47.9 Å². The zero-order valence-corrected chi connectivity index (χ0v) is 14.4. The van der Waals surface area contributed by atoms with E-state index in [1.165, 1.54) is 42.0 Å². The Bertz CT molecular complexity index is 569. The summed E-state index contributed by atoms with van der Waals surface area (Å²) in [5.74, 6) is 1.22. The predicted octanol–water partition coefficient (Wildman–Crippen LogP) is 3.25. The number of aryl methyl sites for hydroxylation is 1. The molecule has 3 fully saturated rings. The number of rotatable bonds is 3. The molecule has 4 rings (SSSR count). The third kappa shape index (κ3) is 2.50. The van der Waals surface area contributed by atoms with Crippen molar-refractivity contribution in [1.29, 1.82) is 0 Å². The first-order valence-electron chi connectivity index (χ1n) is 8.72. The normalized spacial score (nSPS) is 35.3. The fourth-order valence-corrected chi connectivity index (χ4v) is 5.59. The van der Waals surface area contributed by atoms with Crippen LogP contribution in [0.1, 0.15) is 47.8 Å². The van der Waals surface area contributed by atoms with Gasteiger partial charge in [-0.25, -0.2) is 0 Å². The zero-order chi connectivity index (χ0) is 15.3. The van der Waals surface area contributed by atoms with Crippen LogP contribution in [0.5, 0.6) is 0 Å². The highest BCUT2D eigenvalue weighted by Gasteiger charge is 2.49. The van der Waals surface area contributed by atoms with Crippen molar-refractivity contribution < 1.29 is 4.79 Å². The van der Waals surface area contributed by atoms with Gasteiger partial charge in [-0.2, -0.15) is 0 Å². The first-order chi connectivity index (χ1) is 10.6. The first kappa shape index (κ1) is 14.7. The highest BCUT2D eigenvalue weighted by Crippen LogP contribution is 2.51. The quantitative estimate of drug-likeness (QED) is 0.854. The minimum absolute atomic E-state index is 0.269. The number of nitrogens with zero attached hydrogens (tertiary/aromatic N) is 2. The van der Waals surface area contributed by atoms with Crippen LogP contribution in [-0.2, 0) is 4.79 Å². The van der Waals surface area contributed by atoms with E-state index in [0.717, 1.165) is 13.0 Å². The number of amides is 1. The molecular weight excluding hydrogens is 292 g/mol. The average Bonchev–Trinajstić information content (AvgIpc) is 2.84. The van der Waals surface area contributed by atoms with E-state index in [1.54, 1.807) is 0 Å². The van der Waals surface area contributed by atoms with Gasteiger partial charge in [0, 0.05) is 40.2 Å². The molecule has 4 heteroatoms. The Labute approximate surface area is 137 Å². The number of hydrogen-bond donors (Lipinski definition) is 0. The van der Waals surface area contributed by atoms with Crippen LogP contribution in [0, 0.1) is 12.8 Å². The van der Waals surface area contributed by atoms with E-state index in [4.69, 9.17) is 0 Å². The third-order valence-corrected chi connectivity index (χ3v) is 6.97. The molecule has 0 bridgehead atoms. The van der Waals surface area contributed by atoms with Crippen LogP contribution in [0.3, 0.4) is 0 Å². The summed E-state index contributed by atoms with van der Waals surface area (Å²) in [4.78, 5) is 20.5. The van der Waals surface area contributed by atoms with E-state index in [0.29, 0.717) is 23.9 Å². The maximum atomic E-state index is 13.0. The molecule has 3 aliphatic rings. The molecule has 1 aromatic heterocycles. The fraction of sp³-hybridized carbons (Fsp3) is 0.722. The third-order valence-electron chi connectivity index (χ3n) is 5.84. The molecule has 22 heavy (non-hydrogen) atoms. The van der Waals surface area contributed by atoms with E-state index >= 15 is 0 Å². The van der Waals surface area contributed by atoms with E-state index in [2.05, 4.69) is 35.9 Å². The molecule has 0 unspecified atom stereocenters. The van der Waals surface area contributed by atoms with Gasteiger partial charge in [-0.05, 0) is 64.8 Å². The fourth-order valence-electron chi connectivity index (χ4n) is 4.54. The van der Waals surface area contributed by atoms with Crippen LogP contribution in [0.15, 0.2) is 12.1 Å². The van der Waals surface area contributed by atoms with Crippen molar-refractivity contribution in [1.82, 2.24) is 9.80 Å². The average molecular weight is 318 g/mol. The molecule has 3 nitrogen and oxygen atoms in total. The van der Waals surface area contributed by atoms with E-state index < -0.39 is 0 Å². The Morgan fingerprint density at radius 3 is 2.64 bits per heavy atom. The van der Waals surface area contributed by atoms with Gasteiger partial charge < -0.3 is 9.80 Å². The number of likely N-dealkylation sites (N-methyl/N-ethyl adjacent to an activating group) is 1. The number of likely N-dealkylation sites (tertiary alicyclic amines) is 2. The standard InChI is InChI=1S/C18H26N2OS/c1-12-7-8-17(22-12)13-11-14(13)18(21)20-10-4-6-16(20)15-5-3-9-19(15)2/h7-8,13-16H,3-6,9-11H2,1-2H3/t13-,14+,15+,16+/m1/s1. The summed E-state index contributed by atoms with van der Waals surface area (Å²) in [6.07, 6.45) is 6.03. The van der Waals surface area contributed by atoms with Crippen LogP contribution in [0.2, 0.25) is 0 Å². The minimum Gasteiger partial charge on any atom is -0.338 e. The largest absolute Gasteiger partial charge is 0.338 e. The van der Waals surface area contributed by atoms with Crippen molar-refractivity contribution in [2.45, 2.75) is 57.0 Å². The van der Waals surface area contributed by atoms with E-state index in [9.17, 15) is 4.79 Å². The molecule has 0 N–H and O–H groups in total. The minimum atomic E-state index is 0.269. The highest BCUT2D eigenvalue weighted by atomic mass is 32.1. The van der Waals surface area contributed by atoms with Gasteiger partial charge in [0.25, 0.3) is 0 Å². The Morgan fingerprint density at radius 2 is 1.95 bits per heavy atom. The van der Waals surface area contributed by atoms with Crippen LogP contribution >= 0.6 is 11.3 Å². The Kier molecular flexibility index (Phi) is 3.77. The summed E-state index contributed by atoms with van der Waals surface area (Å²) in [6, 6.07) is 5.50. The number of carbonyl (C=O) groups is 1. The molecule has 120 valence electrons. The summed E-state index contributed by atoms with van der Waals surface area (Å²) < 4.78 is 0. The van der Waals surface area contributed by atoms with Gasteiger partial charge in [0.15, 0.2) is 0 Å². The molecule has 1 aromatic rings. The van der Waals surface area contributed by atoms with Gasteiger partial charge in [-0.15, -0.1) is 11.3 Å². The second-order valence-corrected chi connectivity index (χ2v) is 8.65. The lowest BCUT2D eigenvalue weighted by molar-refractivity contribution is -0.134. The van der Waals surface area contributed by atoms with Crippen molar-refractivity contribution >= 4 is 17.2 Å². The summed E-state index contributed by atoms with van der Waals surface area (Å²) in [5.41, 5.74) is 0. The summed E-state index contributed by atoms with van der Waals surface area (Å²) in [6.45, 7) is 4.34. The Hall–Kier alpha value is -0.870. The van der Waals surface area contributed by atoms with Crippen molar-refractivity contribution in [3.8, 4) is 0 Å². The molecule has 2 aliphatic heterocycles. The summed E-state index contributed by atoms with van der Waals surface area (Å²) in [7, 11) is 2.23. The molecule has 1 amide bonds. The molecule has 0 aromatic carbocycles. The van der Waals surface area contributed by atoms with Crippen LogP contribution in [0.4, 0.5) is 0 Å². The summed E-state index contributed by atoms with van der Waals surface area (Å²) in [5, 5.41) is 0. The molecule has 3 heterocycles. The molecular formula is C18H26N2OS. The van der Waals surface area contributed by atoms with E-state index in [-0.39, 0.29) is 5.92 Å². The van der Waals surface area contributed by atoms with Gasteiger partial charge >= 0.3 is 0 Å². The zero-order valence-electron chi connectivity index (χ0n) is 13.6. The molecule has 1 saturated carbocycles. The lowest BCUT2D eigenvalue weighted by Gasteiger charge is -2.33. The van der Waals surface area contributed by atoms with Gasteiger partial charge in [0.05, 0.1) is 0 Å². The lowest BCUT2D eigenvalue weighted by Crippen LogP contribution is -2.47. The molecule has 0 radical (unpaired) electrons. The second-order valence-electron chi connectivity index (χ2n) is 7.33. The van der Waals surface area contributed by atoms with E-state index in [1.807, 2.05) is 11.3 Å². The number of hydrogen-bond acceptors (Lipinski definition) is 3.